The fourth-order valence-corrected chi connectivity index (χ4v) is 3.10. The average molecular weight is 345 g/mol. The van der Waals surface area contributed by atoms with Crippen molar-refractivity contribution in [2.75, 3.05) is 13.2 Å². The standard InChI is InChI=1S/C17H19N3O3S/c1-11-2-3-16(23-11)14-7-15(20-19-14)17(22)18-8-13(9-21)6-12-4-5-24-10-12/h2-5,7,10,13,21H,6,8-9H2,1H3,(H,18,22)(H,19,20). The molecule has 3 aromatic rings. The van der Waals surface area contributed by atoms with E-state index in [1.807, 2.05) is 30.5 Å². The smallest absolute Gasteiger partial charge is 0.271 e. The molecule has 3 aromatic heterocycles. The first-order valence-corrected chi connectivity index (χ1v) is 8.62. The van der Waals surface area contributed by atoms with Gasteiger partial charge in [0, 0.05) is 25.1 Å². The van der Waals surface area contributed by atoms with Crippen LogP contribution in [0, 0.1) is 12.8 Å². The second-order valence-corrected chi connectivity index (χ2v) is 6.45. The van der Waals surface area contributed by atoms with Gasteiger partial charge in [0.15, 0.2) is 11.5 Å². The van der Waals surface area contributed by atoms with E-state index in [0.717, 1.165) is 12.2 Å². The number of aromatic amines is 1. The normalized spacial score (nSPS) is 12.2. The van der Waals surface area contributed by atoms with Gasteiger partial charge in [0.1, 0.15) is 11.5 Å². The van der Waals surface area contributed by atoms with Crippen molar-refractivity contribution in [1.82, 2.24) is 15.5 Å². The summed E-state index contributed by atoms with van der Waals surface area (Å²) in [5.41, 5.74) is 2.13. The number of rotatable bonds is 7. The van der Waals surface area contributed by atoms with Gasteiger partial charge in [0.05, 0.1) is 0 Å². The summed E-state index contributed by atoms with van der Waals surface area (Å²) in [6, 6.07) is 7.36. The molecule has 3 rings (SSSR count). The number of furan rings is 1. The molecule has 3 N–H and O–H groups in total. The minimum Gasteiger partial charge on any atom is -0.460 e. The van der Waals surface area contributed by atoms with Crippen LogP contribution in [0.25, 0.3) is 11.5 Å². The Balaban J connectivity index is 1.57. The highest BCUT2D eigenvalue weighted by molar-refractivity contribution is 7.07. The predicted molar refractivity (Wildman–Crippen MR) is 92.0 cm³/mol. The maximum Gasteiger partial charge on any atom is 0.271 e. The Morgan fingerprint density at radius 3 is 3.00 bits per heavy atom. The van der Waals surface area contributed by atoms with Gasteiger partial charge in [-0.25, -0.2) is 0 Å². The van der Waals surface area contributed by atoms with Crippen molar-refractivity contribution in [3.05, 3.63) is 52.0 Å². The highest BCUT2D eigenvalue weighted by atomic mass is 32.1. The Morgan fingerprint density at radius 1 is 1.46 bits per heavy atom. The monoisotopic (exact) mass is 345 g/mol. The highest BCUT2D eigenvalue weighted by Crippen LogP contribution is 2.20. The zero-order valence-corrected chi connectivity index (χ0v) is 14.1. The molecule has 7 heteroatoms. The Bertz CT molecular complexity index is 792. The molecule has 0 aliphatic rings. The molecule has 0 radical (unpaired) electrons. The third kappa shape index (κ3) is 3.93. The molecular weight excluding hydrogens is 326 g/mol. The van der Waals surface area contributed by atoms with Crippen LogP contribution in [0.3, 0.4) is 0 Å². The number of amides is 1. The van der Waals surface area contributed by atoms with Gasteiger partial charge in [-0.15, -0.1) is 0 Å². The molecular formula is C17H19N3O3S. The number of nitrogens with one attached hydrogen (secondary N) is 2. The molecule has 0 aliphatic carbocycles. The molecule has 0 saturated carbocycles. The summed E-state index contributed by atoms with van der Waals surface area (Å²) in [5.74, 6) is 1.15. The van der Waals surface area contributed by atoms with Crippen molar-refractivity contribution in [3.8, 4) is 11.5 Å². The minimum absolute atomic E-state index is 0.0188. The molecule has 0 aromatic carbocycles. The number of nitrogens with zero attached hydrogens (tertiary/aromatic N) is 1. The molecule has 0 saturated heterocycles. The number of aromatic nitrogens is 2. The zero-order chi connectivity index (χ0) is 16.9. The number of H-pyrrole nitrogens is 1. The van der Waals surface area contributed by atoms with Crippen LogP contribution in [0.2, 0.25) is 0 Å². The lowest BCUT2D eigenvalue weighted by atomic mass is 10.0. The molecule has 3 heterocycles. The van der Waals surface area contributed by atoms with Gasteiger partial charge in [-0.1, -0.05) is 0 Å². The van der Waals surface area contributed by atoms with E-state index in [9.17, 15) is 9.90 Å². The van der Waals surface area contributed by atoms with E-state index in [2.05, 4.69) is 20.9 Å². The molecule has 6 nitrogen and oxygen atoms in total. The first-order chi connectivity index (χ1) is 11.7. The van der Waals surface area contributed by atoms with Crippen LogP contribution in [-0.4, -0.2) is 34.4 Å². The summed E-state index contributed by atoms with van der Waals surface area (Å²) in [6.45, 7) is 2.27. The van der Waals surface area contributed by atoms with Gasteiger partial charge in [0.2, 0.25) is 0 Å². The second-order valence-electron chi connectivity index (χ2n) is 5.67. The summed E-state index contributed by atoms with van der Waals surface area (Å²) in [6.07, 6.45) is 0.734. The van der Waals surface area contributed by atoms with Crippen LogP contribution < -0.4 is 5.32 Å². The molecule has 126 valence electrons. The van der Waals surface area contributed by atoms with Crippen LogP contribution >= 0.6 is 11.3 Å². The first-order valence-electron chi connectivity index (χ1n) is 7.68. The third-order valence-corrected chi connectivity index (χ3v) is 4.46. The number of hydrogen-bond donors (Lipinski definition) is 3. The predicted octanol–water partition coefficient (Wildman–Crippen LogP) is 2.62. The minimum atomic E-state index is -0.274. The Labute approximate surface area is 143 Å². The zero-order valence-electron chi connectivity index (χ0n) is 13.3. The number of hydrogen-bond acceptors (Lipinski definition) is 5. The summed E-state index contributed by atoms with van der Waals surface area (Å²) < 4.78 is 5.50. The van der Waals surface area contributed by atoms with Crippen LogP contribution in [0.5, 0.6) is 0 Å². The first kappa shape index (κ1) is 16.5. The molecule has 0 bridgehead atoms. The number of thiophene rings is 1. The number of carbonyl (C=O) groups is 1. The molecule has 1 unspecified atom stereocenters. The van der Waals surface area contributed by atoms with Gasteiger partial charge in [-0.3, -0.25) is 9.89 Å². The number of carbonyl (C=O) groups excluding carboxylic acids is 1. The number of aliphatic hydroxyl groups excluding tert-OH is 1. The third-order valence-electron chi connectivity index (χ3n) is 3.73. The second kappa shape index (κ2) is 7.46. The van der Waals surface area contributed by atoms with Crippen LogP contribution in [0.15, 0.2) is 39.4 Å². The fourth-order valence-electron chi connectivity index (χ4n) is 2.41. The molecule has 0 fully saturated rings. The van der Waals surface area contributed by atoms with E-state index in [-0.39, 0.29) is 18.4 Å². The number of aliphatic hydroxyl groups is 1. The fraction of sp³-hybridized carbons (Fsp3) is 0.294. The van der Waals surface area contributed by atoms with Crippen molar-refractivity contribution < 1.29 is 14.3 Å². The van der Waals surface area contributed by atoms with E-state index in [4.69, 9.17) is 4.42 Å². The molecule has 0 spiro atoms. The van der Waals surface area contributed by atoms with Crippen molar-refractivity contribution in [2.45, 2.75) is 13.3 Å². The lowest BCUT2D eigenvalue weighted by molar-refractivity contribution is 0.0935. The van der Waals surface area contributed by atoms with E-state index in [1.165, 1.54) is 5.56 Å². The van der Waals surface area contributed by atoms with E-state index >= 15 is 0 Å². The Morgan fingerprint density at radius 2 is 2.33 bits per heavy atom. The maximum absolute atomic E-state index is 12.2. The van der Waals surface area contributed by atoms with Crippen LogP contribution in [-0.2, 0) is 6.42 Å². The van der Waals surface area contributed by atoms with Gasteiger partial charge in [-0.05, 0) is 47.9 Å². The van der Waals surface area contributed by atoms with Gasteiger partial charge in [0.25, 0.3) is 5.91 Å². The van der Waals surface area contributed by atoms with Crippen molar-refractivity contribution in [2.24, 2.45) is 5.92 Å². The van der Waals surface area contributed by atoms with Gasteiger partial charge in [-0.2, -0.15) is 16.4 Å². The summed E-state index contributed by atoms with van der Waals surface area (Å²) >= 11 is 1.62. The van der Waals surface area contributed by atoms with Crippen molar-refractivity contribution in [1.29, 1.82) is 0 Å². The maximum atomic E-state index is 12.2. The number of aryl methyl sites for hydroxylation is 1. The lowest BCUT2D eigenvalue weighted by Crippen LogP contribution is -2.32. The lowest BCUT2D eigenvalue weighted by Gasteiger charge is -2.13. The average Bonchev–Trinajstić information content (AvgIpc) is 3.31. The topological polar surface area (TPSA) is 91.1 Å². The molecule has 24 heavy (non-hydrogen) atoms. The van der Waals surface area contributed by atoms with Crippen LogP contribution in [0.4, 0.5) is 0 Å². The van der Waals surface area contributed by atoms with E-state index in [1.54, 1.807) is 17.4 Å². The largest absolute Gasteiger partial charge is 0.460 e. The molecule has 1 atom stereocenters. The summed E-state index contributed by atoms with van der Waals surface area (Å²) in [7, 11) is 0. The Hall–Kier alpha value is -2.38. The van der Waals surface area contributed by atoms with Gasteiger partial charge < -0.3 is 14.8 Å². The summed E-state index contributed by atoms with van der Waals surface area (Å²) in [4.78, 5) is 12.2. The summed E-state index contributed by atoms with van der Waals surface area (Å²) in [5, 5.41) is 23.2. The Kier molecular flexibility index (Phi) is 5.12. The van der Waals surface area contributed by atoms with E-state index in [0.29, 0.717) is 23.7 Å². The van der Waals surface area contributed by atoms with E-state index < -0.39 is 0 Å². The van der Waals surface area contributed by atoms with Gasteiger partial charge >= 0.3 is 0 Å². The van der Waals surface area contributed by atoms with Crippen molar-refractivity contribution in [3.63, 3.8) is 0 Å². The molecule has 1 amide bonds. The highest BCUT2D eigenvalue weighted by Gasteiger charge is 2.15. The SMILES string of the molecule is Cc1ccc(-c2cc(C(=O)NCC(CO)Cc3ccsc3)n[nH]2)o1. The van der Waals surface area contributed by atoms with Crippen molar-refractivity contribution >= 4 is 17.2 Å². The molecule has 0 aliphatic heterocycles. The van der Waals surface area contributed by atoms with Crippen LogP contribution in [0.1, 0.15) is 21.8 Å². The quantitative estimate of drug-likeness (QED) is 0.614.